The number of hydrogen-bond acceptors (Lipinski definition) is 4. The van der Waals surface area contributed by atoms with Crippen molar-refractivity contribution in [2.24, 2.45) is 0 Å². The molecule has 90 valence electrons. The van der Waals surface area contributed by atoms with Gasteiger partial charge in [0.25, 0.3) is 11.3 Å². The summed E-state index contributed by atoms with van der Waals surface area (Å²) >= 11 is 0. The first-order valence-electron chi connectivity index (χ1n) is 5.54. The van der Waals surface area contributed by atoms with E-state index >= 15 is 0 Å². The second kappa shape index (κ2) is 4.33. The Hall–Kier alpha value is -2.63. The molecule has 0 spiro atoms. The minimum Gasteiger partial charge on any atom is -0.366 e. The maximum Gasteiger partial charge on any atom is 0.276 e. The van der Waals surface area contributed by atoms with Gasteiger partial charge in [-0.15, -0.1) is 0 Å². The maximum absolute atomic E-state index is 11.7. The molecule has 0 atom stereocenters. The predicted molar refractivity (Wildman–Crippen MR) is 67.4 cm³/mol. The summed E-state index contributed by atoms with van der Waals surface area (Å²) in [6, 6.07) is 11.4. The number of fused-ring (bicyclic) bond motifs is 1. The van der Waals surface area contributed by atoms with Crippen molar-refractivity contribution in [1.29, 1.82) is 0 Å². The number of aromatic amines is 1. The van der Waals surface area contributed by atoms with Gasteiger partial charge in [0.1, 0.15) is 12.1 Å². The van der Waals surface area contributed by atoms with Crippen LogP contribution in [0.4, 0.5) is 5.82 Å². The number of rotatable bonds is 3. The molecule has 0 saturated heterocycles. The van der Waals surface area contributed by atoms with Gasteiger partial charge in [0, 0.05) is 12.6 Å². The zero-order valence-electron chi connectivity index (χ0n) is 9.50. The van der Waals surface area contributed by atoms with Gasteiger partial charge in [-0.3, -0.25) is 9.89 Å². The maximum atomic E-state index is 11.7. The van der Waals surface area contributed by atoms with E-state index in [1.54, 1.807) is 0 Å². The Labute approximate surface area is 102 Å². The molecular weight excluding hydrogens is 230 g/mol. The van der Waals surface area contributed by atoms with Crippen molar-refractivity contribution in [1.82, 2.24) is 19.6 Å². The highest BCUT2D eigenvalue weighted by Gasteiger charge is 2.03. The average molecular weight is 241 g/mol. The molecule has 2 N–H and O–H groups in total. The molecule has 3 aromatic rings. The van der Waals surface area contributed by atoms with Gasteiger partial charge in [0.15, 0.2) is 0 Å². The number of anilines is 1. The summed E-state index contributed by atoms with van der Waals surface area (Å²) in [4.78, 5) is 19.9. The van der Waals surface area contributed by atoms with Crippen molar-refractivity contribution in [3.8, 4) is 0 Å². The molecule has 0 aliphatic carbocycles. The van der Waals surface area contributed by atoms with Crippen LogP contribution in [0, 0.1) is 0 Å². The summed E-state index contributed by atoms with van der Waals surface area (Å²) in [5.74, 6) is 0.883. The third-order valence-corrected chi connectivity index (χ3v) is 2.58. The topological polar surface area (TPSA) is 75.1 Å². The molecule has 0 unspecified atom stereocenters. The minimum atomic E-state index is -0.187. The molecule has 2 aromatic heterocycles. The van der Waals surface area contributed by atoms with Crippen LogP contribution in [0.2, 0.25) is 0 Å². The number of nitrogens with one attached hydrogen (secondary N) is 2. The van der Waals surface area contributed by atoms with Crippen LogP contribution in [0.15, 0.2) is 47.5 Å². The number of H-pyrrole nitrogens is 1. The van der Waals surface area contributed by atoms with Gasteiger partial charge in [-0.2, -0.15) is 9.50 Å². The summed E-state index contributed by atoms with van der Waals surface area (Å²) in [5, 5.41) is 5.80. The van der Waals surface area contributed by atoms with Crippen molar-refractivity contribution in [3.63, 3.8) is 0 Å². The normalized spacial score (nSPS) is 10.7. The molecular formula is C12H11N5O. The van der Waals surface area contributed by atoms with Gasteiger partial charge in [-0.25, -0.2) is 4.98 Å². The summed E-state index contributed by atoms with van der Waals surface area (Å²) in [6.07, 6.45) is 1.44. The number of nitrogens with zero attached hydrogens (tertiary/aromatic N) is 3. The summed E-state index contributed by atoms with van der Waals surface area (Å²) in [5.41, 5.74) is 0.939. The SMILES string of the molecule is O=c1cc(NCc2ccccc2)nc2nc[nH]n12. The molecule has 6 nitrogen and oxygen atoms in total. The van der Waals surface area contributed by atoms with E-state index in [0.717, 1.165) is 5.56 Å². The Morgan fingerprint density at radius 2 is 2.11 bits per heavy atom. The van der Waals surface area contributed by atoms with Gasteiger partial charge in [0.2, 0.25) is 0 Å². The van der Waals surface area contributed by atoms with Crippen LogP contribution >= 0.6 is 0 Å². The number of benzene rings is 1. The average Bonchev–Trinajstić information content (AvgIpc) is 2.86. The Morgan fingerprint density at radius 3 is 2.94 bits per heavy atom. The summed E-state index contributed by atoms with van der Waals surface area (Å²) in [6.45, 7) is 0.619. The molecule has 0 aliphatic heterocycles. The monoisotopic (exact) mass is 241 g/mol. The van der Waals surface area contributed by atoms with Crippen LogP contribution in [0.1, 0.15) is 5.56 Å². The Morgan fingerprint density at radius 1 is 1.28 bits per heavy atom. The highest BCUT2D eigenvalue weighted by Crippen LogP contribution is 2.04. The van der Waals surface area contributed by atoms with Crippen molar-refractivity contribution >= 4 is 11.6 Å². The lowest BCUT2D eigenvalue weighted by Gasteiger charge is -2.04. The highest BCUT2D eigenvalue weighted by atomic mass is 16.1. The van der Waals surface area contributed by atoms with E-state index in [1.165, 1.54) is 16.9 Å². The fourth-order valence-electron chi connectivity index (χ4n) is 1.70. The fourth-order valence-corrected chi connectivity index (χ4v) is 1.70. The van der Waals surface area contributed by atoms with Crippen LogP contribution in [0.5, 0.6) is 0 Å². The molecule has 3 rings (SSSR count). The minimum absolute atomic E-state index is 0.187. The quantitative estimate of drug-likeness (QED) is 0.718. The van der Waals surface area contributed by atoms with Crippen molar-refractivity contribution in [2.75, 3.05) is 5.32 Å². The lowest BCUT2D eigenvalue weighted by atomic mass is 10.2. The smallest absolute Gasteiger partial charge is 0.276 e. The van der Waals surface area contributed by atoms with Gasteiger partial charge in [-0.1, -0.05) is 30.3 Å². The first-order chi connectivity index (χ1) is 8.83. The van der Waals surface area contributed by atoms with Crippen LogP contribution in [-0.2, 0) is 6.54 Å². The summed E-state index contributed by atoms with van der Waals surface area (Å²) in [7, 11) is 0. The Bertz CT molecular complexity index is 716. The fraction of sp³-hybridized carbons (Fsp3) is 0.0833. The van der Waals surface area contributed by atoms with Crippen LogP contribution in [-0.4, -0.2) is 19.6 Å². The molecule has 1 aromatic carbocycles. The molecule has 0 aliphatic rings. The molecule has 0 bridgehead atoms. The lowest BCUT2D eigenvalue weighted by molar-refractivity contribution is 0.897. The lowest BCUT2D eigenvalue weighted by Crippen LogP contribution is -2.16. The van der Waals surface area contributed by atoms with Crippen molar-refractivity contribution in [2.45, 2.75) is 6.54 Å². The third-order valence-electron chi connectivity index (χ3n) is 2.58. The molecule has 0 amide bonds. The highest BCUT2D eigenvalue weighted by molar-refractivity contribution is 5.41. The second-order valence-electron chi connectivity index (χ2n) is 3.84. The van der Waals surface area contributed by atoms with Gasteiger partial charge in [-0.05, 0) is 5.56 Å². The Balaban J connectivity index is 1.85. The van der Waals surface area contributed by atoms with E-state index in [-0.39, 0.29) is 5.56 Å². The van der Waals surface area contributed by atoms with Crippen LogP contribution in [0.25, 0.3) is 5.78 Å². The Kier molecular flexibility index (Phi) is 2.53. The van der Waals surface area contributed by atoms with Crippen LogP contribution < -0.4 is 10.9 Å². The molecule has 0 fully saturated rings. The molecule has 0 saturated carbocycles. The van der Waals surface area contributed by atoms with Gasteiger partial charge < -0.3 is 5.32 Å². The second-order valence-corrected chi connectivity index (χ2v) is 3.84. The van der Waals surface area contributed by atoms with E-state index in [9.17, 15) is 4.79 Å². The largest absolute Gasteiger partial charge is 0.366 e. The predicted octanol–water partition coefficient (Wildman–Crippen LogP) is 1.03. The van der Waals surface area contributed by atoms with E-state index in [4.69, 9.17) is 0 Å². The number of hydrogen-bond donors (Lipinski definition) is 2. The summed E-state index contributed by atoms with van der Waals surface area (Å²) < 4.78 is 1.29. The standard InChI is InChI=1S/C12H11N5O/c18-11-6-10(16-12-14-8-15-17(11)12)13-7-9-4-2-1-3-5-9/h1-6,8,13H,7H2,(H,14,15,16). The molecule has 18 heavy (non-hydrogen) atoms. The van der Waals surface area contributed by atoms with E-state index < -0.39 is 0 Å². The molecule has 0 radical (unpaired) electrons. The first-order valence-corrected chi connectivity index (χ1v) is 5.54. The number of aromatic nitrogens is 4. The van der Waals surface area contributed by atoms with Gasteiger partial charge in [0.05, 0.1) is 0 Å². The van der Waals surface area contributed by atoms with E-state index in [2.05, 4.69) is 20.4 Å². The first kappa shape index (κ1) is 10.5. The van der Waals surface area contributed by atoms with Crippen molar-refractivity contribution < 1.29 is 0 Å². The van der Waals surface area contributed by atoms with Crippen molar-refractivity contribution in [3.05, 3.63) is 58.6 Å². The van der Waals surface area contributed by atoms with E-state index in [1.807, 2.05) is 30.3 Å². The molecule has 6 heteroatoms. The van der Waals surface area contributed by atoms with E-state index in [0.29, 0.717) is 18.1 Å². The molecule has 2 heterocycles. The van der Waals surface area contributed by atoms with Gasteiger partial charge >= 0.3 is 0 Å². The van der Waals surface area contributed by atoms with Crippen LogP contribution in [0.3, 0.4) is 0 Å². The zero-order chi connectivity index (χ0) is 12.4. The third kappa shape index (κ3) is 1.95. The zero-order valence-corrected chi connectivity index (χ0v) is 9.50.